The third-order valence-corrected chi connectivity index (χ3v) is 6.15. The van der Waals surface area contributed by atoms with E-state index in [2.05, 4.69) is 4.72 Å². The van der Waals surface area contributed by atoms with Gasteiger partial charge in [0.1, 0.15) is 5.54 Å². The zero-order chi connectivity index (χ0) is 16.9. The molecule has 3 aromatic carbocycles. The van der Waals surface area contributed by atoms with Crippen molar-refractivity contribution in [1.82, 2.24) is 4.72 Å². The van der Waals surface area contributed by atoms with Gasteiger partial charge in [0, 0.05) is 5.56 Å². The number of benzene rings is 3. The molecule has 5 heteroatoms. The standard InChI is InChI=1S/C19H15NO3S/c1-19(16-11-6-8-13-7-2-3-9-14(13)16)18(21)15-10-4-5-12-17(15)24(22,23)20-19/h2-12,20H,1H3/t19-/m0/s1. The molecule has 4 rings (SSSR count). The van der Waals surface area contributed by atoms with Crippen LogP contribution in [0.3, 0.4) is 0 Å². The lowest BCUT2D eigenvalue weighted by molar-refractivity contribution is 0.0876. The van der Waals surface area contributed by atoms with Crippen molar-refractivity contribution in [2.75, 3.05) is 0 Å². The average Bonchev–Trinajstić information content (AvgIpc) is 2.59. The van der Waals surface area contributed by atoms with Gasteiger partial charge in [0.05, 0.1) is 4.90 Å². The number of hydrogen-bond acceptors (Lipinski definition) is 3. The van der Waals surface area contributed by atoms with E-state index < -0.39 is 15.6 Å². The number of fused-ring (bicyclic) bond motifs is 2. The van der Waals surface area contributed by atoms with Crippen molar-refractivity contribution >= 4 is 26.6 Å². The number of carbonyl (C=O) groups excluding carboxylic acids is 1. The van der Waals surface area contributed by atoms with E-state index in [1.165, 1.54) is 6.07 Å². The molecule has 4 nitrogen and oxygen atoms in total. The molecule has 0 fully saturated rings. The molecule has 120 valence electrons. The second kappa shape index (κ2) is 5.00. The molecule has 0 amide bonds. The summed E-state index contributed by atoms with van der Waals surface area (Å²) in [4.78, 5) is 13.2. The largest absolute Gasteiger partial charge is 0.292 e. The van der Waals surface area contributed by atoms with E-state index in [0.717, 1.165) is 10.8 Å². The Kier molecular flexibility index (Phi) is 3.13. The fraction of sp³-hybridized carbons (Fsp3) is 0.105. The highest BCUT2D eigenvalue weighted by Crippen LogP contribution is 2.37. The molecule has 0 aliphatic carbocycles. The minimum atomic E-state index is -3.77. The predicted octanol–water partition coefficient (Wildman–Crippen LogP) is 3.23. The molecule has 1 aliphatic heterocycles. The van der Waals surface area contributed by atoms with Crippen LogP contribution in [-0.4, -0.2) is 14.2 Å². The molecule has 0 saturated heterocycles. The predicted molar refractivity (Wildman–Crippen MR) is 92.4 cm³/mol. The summed E-state index contributed by atoms with van der Waals surface area (Å²) in [7, 11) is -3.77. The van der Waals surface area contributed by atoms with Crippen LogP contribution in [0.4, 0.5) is 0 Å². The van der Waals surface area contributed by atoms with E-state index in [-0.39, 0.29) is 16.2 Å². The van der Waals surface area contributed by atoms with Crippen LogP contribution in [0.1, 0.15) is 22.8 Å². The van der Waals surface area contributed by atoms with Crippen molar-refractivity contribution in [3.05, 3.63) is 77.9 Å². The molecule has 0 unspecified atom stereocenters. The van der Waals surface area contributed by atoms with Gasteiger partial charge in [-0.3, -0.25) is 4.79 Å². The lowest BCUT2D eigenvalue weighted by atomic mass is 9.82. The van der Waals surface area contributed by atoms with E-state index >= 15 is 0 Å². The van der Waals surface area contributed by atoms with Crippen molar-refractivity contribution in [1.29, 1.82) is 0 Å². The number of carbonyl (C=O) groups is 1. The SMILES string of the molecule is C[C@@]1(c2cccc3ccccc23)NS(=O)(=O)c2ccccc2C1=O. The quantitative estimate of drug-likeness (QED) is 0.741. The highest BCUT2D eigenvalue weighted by Gasteiger charge is 2.46. The highest BCUT2D eigenvalue weighted by atomic mass is 32.2. The summed E-state index contributed by atoms with van der Waals surface area (Å²) >= 11 is 0. The highest BCUT2D eigenvalue weighted by molar-refractivity contribution is 7.89. The Labute approximate surface area is 140 Å². The van der Waals surface area contributed by atoms with Gasteiger partial charge in [0.25, 0.3) is 0 Å². The van der Waals surface area contributed by atoms with Crippen LogP contribution in [0.25, 0.3) is 10.8 Å². The fourth-order valence-electron chi connectivity index (χ4n) is 3.37. The monoisotopic (exact) mass is 337 g/mol. The Balaban J connectivity index is 2.03. The zero-order valence-corrected chi connectivity index (χ0v) is 13.8. The summed E-state index contributed by atoms with van der Waals surface area (Å²) in [5.74, 6) is -0.246. The van der Waals surface area contributed by atoms with E-state index in [0.29, 0.717) is 5.56 Å². The minimum absolute atomic E-state index is 0.0349. The van der Waals surface area contributed by atoms with Gasteiger partial charge in [0.2, 0.25) is 10.0 Å². The summed E-state index contributed by atoms with van der Waals surface area (Å²) in [5, 5.41) is 1.82. The van der Waals surface area contributed by atoms with Gasteiger partial charge in [-0.1, -0.05) is 54.6 Å². The summed E-state index contributed by atoms with van der Waals surface area (Å²) in [5.41, 5.74) is -0.455. The summed E-state index contributed by atoms with van der Waals surface area (Å²) in [6.07, 6.45) is 0. The van der Waals surface area contributed by atoms with Gasteiger partial charge >= 0.3 is 0 Å². The Morgan fingerprint density at radius 2 is 1.54 bits per heavy atom. The van der Waals surface area contributed by atoms with Crippen molar-refractivity contribution < 1.29 is 13.2 Å². The van der Waals surface area contributed by atoms with Gasteiger partial charge in [-0.25, -0.2) is 8.42 Å². The molecule has 0 aromatic heterocycles. The zero-order valence-electron chi connectivity index (χ0n) is 13.0. The molecule has 0 saturated carbocycles. The third kappa shape index (κ3) is 2.02. The van der Waals surface area contributed by atoms with Gasteiger partial charge in [-0.2, -0.15) is 4.72 Å². The molecular weight excluding hydrogens is 322 g/mol. The maximum atomic E-state index is 13.1. The first kappa shape index (κ1) is 15.1. The van der Waals surface area contributed by atoms with Crippen molar-refractivity contribution in [2.45, 2.75) is 17.4 Å². The molecule has 0 bridgehead atoms. The van der Waals surface area contributed by atoms with E-state index in [1.807, 2.05) is 36.4 Å². The second-order valence-corrected chi connectivity index (χ2v) is 7.73. The van der Waals surface area contributed by atoms with Crippen molar-refractivity contribution in [2.24, 2.45) is 0 Å². The first-order chi connectivity index (χ1) is 11.4. The lowest BCUT2D eigenvalue weighted by Gasteiger charge is -2.35. The fourth-order valence-corrected chi connectivity index (χ4v) is 4.92. The molecular formula is C19H15NO3S. The molecule has 0 radical (unpaired) electrons. The van der Waals surface area contributed by atoms with Crippen molar-refractivity contribution in [3.63, 3.8) is 0 Å². The number of sulfonamides is 1. The van der Waals surface area contributed by atoms with E-state index in [9.17, 15) is 13.2 Å². The Morgan fingerprint density at radius 1 is 0.875 bits per heavy atom. The first-order valence-corrected chi connectivity index (χ1v) is 9.08. The summed E-state index contributed by atoms with van der Waals surface area (Å²) in [6.45, 7) is 1.63. The van der Waals surface area contributed by atoms with Crippen LogP contribution in [0.15, 0.2) is 71.6 Å². The Hall–Kier alpha value is -2.50. The average molecular weight is 337 g/mol. The van der Waals surface area contributed by atoms with Crippen molar-refractivity contribution in [3.8, 4) is 0 Å². The Morgan fingerprint density at radius 3 is 2.38 bits per heavy atom. The summed E-state index contributed by atoms with van der Waals surface area (Å²) < 4.78 is 28.0. The molecule has 24 heavy (non-hydrogen) atoms. The number of nitrogens with one attached hydrogen (secondary N) is 1. The van der Waals surface area contributed by atoms with Gasteiger partial charge < -0.3 is 0 Å². The molecule has 1 aliphatic rings. The second-order valence-electron chi connectivity index (χ2n) is 6.08. The smallest absolute Gasteiger partial charge is 0.242 e. The van der Waals surface area contributed by atoms with Crippen LogP contribution in [0.2, 0.25) is 0 Å². The lowest BCUT2D eigenvalue weighted by Crippen LogP contribution is -2.53. The number of ketones is 1. The topological polar surface area (TPSA) is 63.2 Å². The van der Waals surface area contributed by atoms with Crippen LogP contribution < -0.4 is 4.72 Å². The van der Waals surface area contributed by atoms with Crippen LogP contribution in [0.5, 0.6) is 0 Å². The first-order valence-electron chi connectivity index (χ1n) is 7.59. The van der Waals surface area contributed by atoms with Crippen LogP contribution >= 0.6 is 0 Å². The normalized spacial score (nSPS) is 22.3. The van der Waals surface area contributed by atoms with E-state index in [4.69, 9.17) is 0 Å². The Bertz CT molecular complexity index is 1080. The van der Waals surface area contributed by atoms with Crippen LogP contribution in [0, 0.1) is 0 Å². The molecule has 1 N–H and O–H groups in total. The maximum Gasteiger partial charge on any atom is 0.242 e. The molecule has 0 spiro atoms. The number of Topliss-reactive ketones (excluding diaryl/α,β-unsaturated/α-hetero) is 1. The third-order valence-electron chi connectivity index (χ3n) is 4.54. The van der Waals surface area contributed by atoms with E-state index in [1.54, 1.807) is 31.2 Å². The van der Waals surface area contributed by atoms with Gasteiger partial charge in [0.15, 0.2) is 5.78 Å². The molecule has 3 aromatic rings. The van der Waals surface area contributed by atoms with Gasteiger partial charge in [-0.15, -0.1) is 0 Å². The molecule has 1 atom stereocenters. The maximum absolute atomic E-state index is 13.1. The van der Waals surface area contributed by atoms with Crippen LogP contribution in [-0.2, 0) is 15.6 Å². The molecule has 1 heterocycles. The number of hydrogen-bond donors (Lipinski definition) is 1. The minimum Gasteiger partial charge on any atom is -0.292 e. The summed E-state index contributed by atoms with van der Waals surface area (Å²) in [6, 6.07) is 19.5. The number of rotatable bonds is 1. The van der Waals surface area contributed by atoms with Gasteiger partial charge in [-0.05, 0) is 35.4 Å².